The molecule has 0 radical (unpaired) electrons. The van der Waals surface area contributed by atoms with Crippen LogP contribution in [0.1, 0.15) is 36.2 Å². The Morgan fingerprint density at radius 2 is 2.00 bits per heavy atom. The molecule has 1 aromatic heterocycles. The van der Waals surface area contributed by atoms with Crippen LogP contribution in [0, 0.1) is 0 Å². The van der Waals surface area contributed by atoms with Crippen molar-refractivity contribution in [2.24, 2.45) is 0 Å². The van der Waals surface area contributed by atoms with Crippen molar-refractivity contribution in [3.63, 3.8) is 0 Å². The lowest BCUT2D eigenvalue weighted by molar-refractivity contribution is 0.0764. The number of hydrogen-bond acceptors (Lipinski definition) is 5. The molecular weight excluding hydrogens is 266 g/mol. The first-order valence-corrected chi connectivity index (χ1v) is 7.83. The Bertz CT molecular complexity index is 483. The minimum absolute atomic E-state index is 0.00432. The average molecular weight is 289 g/mol. The molecule has 3 rings (SSSR count). The molecule has 1 unspecified atom stereocenters. The lowest BCUT2D eigenvalue weighted by Crippen LogP contribution is -2.41. The van der Waals surface area contributed by atoms with E-state index in [0.717, 1.165) is 19.5 Å². The predicted molar refractivity (Wildman–Crippen MR) is 81.3 cm³/mol. The molecule has 0 spiro atoms. The molecule has 0 aliphatic carbocycles. The highest BCUT2D eigenvalue weighted by atomic mass is 16.2. The highest BCUT2D eigenvalue weighted by molar-refractivity contribution is 5.92. The highest BCUT2D eigenvalue weighted by Gasteiger charge is 2.31. The van der Waals surface area contributed by atoms with E-state index in [1.54, 1.807) is 19.2 Å². The zero-order valence-corrected chi connectivity index (χ0v) is 12.6. The Morgan fingerprint density at radius 1 is 1.19 bits per heavy atom. The summed E-state index contributed by atoms with van der Waals surface area (Å²) < 4.78 is 0. The van der Waals surface area contributed by atoms with Gasteiger partial charge in [0.1, 0.15) is 5.82 Å². The largest absolute Gasteiger partial charge is 0.372 e. The standard InChI is InChI=1S/C15H23N5O/c1-16-14-6-5-13(17-18-14)15(21)20-10-7-12(11-20)19-8-3-2-4-9-19/h5-6,12H,2-4,7-11H2,1H3,(H,16,18). The van der Waals surface area contributed by atoms with Gasteiger partial charge >= 0.3 is 0 Å². The Kier molecular flexibility index (Phi) is 4.34. The molecule has 1 N–H and O–H groups in total. The fourth-order valence-electron chi connectivity index (χ4n) is 3.25. The predicted octanol–water partition coefficient (Wildman–Crippen LogP) is 1.22. The van der Waals surface area contributed by atoms with Crippen molar-refractivity contribution >= 4 is 11.7 Å². The first-order chi connectivity index (χ1) is 10.3. The van der Waals surface area contributed by atoms with Crippen LogP contribution in [0.2, 0.25) is 0 Å². The Hall–Kier alpha value is -1.69. The summed E-state index contributed by atoms with van der Waals surface area (Å²) in [7, 11) is 1.79. The number of hydrogen-bond donors (Lipinski definition) is 1. The van der Waals surface area contributed by atoms with E-state index < -0.39 is 0 Å². The molecule has 2 saturated heterocycles. The van der Waals surface area contributed by atoms with Crippen molar-refractivity contribution in [3.05, 3.63) is 17.8 Å². The number of likely N-dealkylation sites (tertiary alicyclic amines) is 2. The molecule has 0 bridgehead atoms. The maximum Gasteiger partial charge on any atom is 0.274 e. The average Bonchev–Trinajstić information content (AvgIpc) is 3.05. The summed E-state index contributed by atoms with van der Waals surface area (Å²) in [4.78, 5) is 16.9. The Balaban J connectivity index is 1.60. The van der Waals surface area contributed by atoms with Gasteiger partial charge in [-0.3, -0.25) is 9.69 Å². The van der Waals surface area contributed by atoms with E-state index in [1.807, 2.05) is 4.90 Å². The summed E-state index contributed by atoms with van der Waals surface area (Å²) in [6, 6.07) is 4.06. The summed E-state index contributed by atoms with van der Waals surface area (Å²) >= 11 is 0. The minimum Gasteiger partial charge on any atom is -0.372 e. The molecule has 0 aromatic carbocycles. The maximum absolute atomic E-state index is 12.5. The molecule has 21 heavy (non-hydrogen) atoms. The molecule has 1 atom stereocenters. The zero-order chi connectivity index (χ0) is 14.7. The van der Waals surface area contributed by atoms with Crippen molar-refractivity contribution in [1.82, 2.24) is 20.0 Å². The smallest absolute Gasteiger partial charge is 0.274 e. The van der Waals surface area contributed by atoms with E-state index in [9.17, 15) is 4.79 Å². The molecule has 0 saturated carbocycles. The van der Waals surface area contributed by atoms with Crippen molar-refractivity contribution in [3.8, 4) is 0 Å². The van der Waals surface area contributed by atoms with Crippen molar-refractivity contribution in [1.29, 1.82) is 0 Å². The summed E-state index contributed by atoms with van der Waals surface area (Å²) in [5.41, 5.74) is 0.438. The molecule has 1 amide bonds. The van der Waals surface area contributed by atoms with Gasteiger partial charge in [-0.15, -0.1) is 10.2 Å². The Labute approximate surface area is 125 Å². The van der Waals surface area contributed by atoms with Crippen LogP contribution in [0.4, 0.5) is 5.82 Å². The molecule has 1 aromatic rings. The van der Waals surface area contributed by atoms with Gasteiger partial charge in [-0.05, 0) is 44.5 Å². The lowest BCUT2D eigenvalue weighted by Gasteiger charge is -2.32. The Morgan fingerprint density at radius 3 is 2.67 bits per heavy atom. The van der Waals surface area contributed by atoms with Crippen LogP contribution >= 0.6 is 0 Å². The van der Waals surface area contributed by atoms with Crippen molar-refractivity contribution < 1.29 is 4.79 Å². The second-order valence-corrected chi connectivity index (χ2v) is 5.84. The van der Waals surface area contributed by atoms with E-state index in [4.69, 9.17) is 0 Å². The number of amides is 1. The first-order valence-electron chi connectivity index (χ1n) is 7.83. The number of nitrogens with zero attached hydrogens (tertiary/aromatic N) is 4. The summed E-state index contributed by atoms with van der Waals surface area (Å²) in [5.74, 6) is 0.684. The van der Waals surface area contributed by atoms with Gasteiger partial charge in [0.25, 0.3) is 5.91 Å². The van der Waals surface area contributed by atoms with Crippen LogP contribution in [-0.4, -0.2) is 65.2 Å². The van der Waals surface area contributed by atoms with Crippen LogP contribution in [-0.2, 0) is 0 Å². The van der Waals surface area contributed by atoms with E-state index >= 15 is 0 Å². The lowest BCUT2D eigenvalue weighted by atomic mass is 10.1. The van der Waals surface area contributed by atoms with Gasteiger partial charge < -0.3 is 10.2 Å². The number of aromatic nitrogens is 2. The summed E-state index contributed by atoms with van der Waals surface area (Å²) in [5, 5.41) is 10.9. The van der Waals surface area contributed by atoms with Gasteiger partial charge in [-0.2, -0.15) is 0 Å². The molecule has 3 heterocycles. The molecular formula is C15H23N5O. The van der Waals surface area contributed by atoms with Gasteiger partial charge in [0, 0.05) is 26.2 Å². The van der Waals surface area contributed by atoms with Crippen molar-refractivity contribution in [2.45, 2.75) is 31.7 Å². The van der Waals surface area contributed by atoms with Gasteiger partial charge in [-0.1, -0.05) is 6.42 Å². The van der Waals surface area contributed by atoms with E-state index in [1.165, 1.54) is 32.4 Å². The maximum atomic E-state index is 12.5. The zero-order valence-electron chi connectivity index (χ0n) is 12.6. The fraction of sp³-hybridized carbons (Fsp3) is 0.667. The van der Waals surface area contributed by atoms with Crippen LogP contribution < -0.4 is 5.32 Å². The monoisotopic (exact) mass is 289 g/mol. The molecule has 2 aliphatic heterocycles. The van der Waals surface area contributed by atoms with Gasteiger partial charge in [0.05, 0.1) is 0 Å². The number of piperidine rings is 1. The molecule has 6 heteroatoms. The van der Waals surface area contributed by atoms with E-state index in [2.05, 4.69) is 20.4 Å². The second kappa shape index (κ2) is 6.39. The number of carbonyl (C=O) groups is 1. The topological polar surface area (TPSA) is 61.4 Å². The molecule has 2 fully saturated rings. The quantitative estimate of drug-likeness (QED) is 0.906. The van der Waals surface area contributed by atoms with Crippen LogP contribution in [0.15, 0.2) is 12.1 Å². The van der Waals surface area contributed by atoms with Crippen molar-refractivity contribution in [2.75, 3.05) is 38.5 Å². The third-order valence-corrected chi connectivity index (χ3v) is 4.50. The molecule has 2 aliphatic rings. The second-order valence-electron chi connectivity index (χ2n) is 5.84. The third kappa shape index (κ3) is 3.15. The van der Waals surface area contributed by atoms with E-state index in [-0.39, 0.29) is 5.91 Å². The SMILES string of the molecule is CNc1ccc(C(=O)N2CCC(N3CCCCC3)C2)nn1. The fourth-order valence-corrected chi connectivity index (χ4v) is 3.25. The first kappa shape index (κ1) is 14.3. The van der Waals surface area contributed by atoms with E-state index in [0.29, 0.717) is 17.6 Å². The number of carbonyl (C=O) groups excluding carboxylic acids is 1. The van der Waals surface area contributed by atoms with Crippen LogP contribution in [0.25, 0.3) is 0 Å². The van der Waals surface area contributed by atoms with Gasteiger partial charge in [-0.25, -0.2) is 0 Å². The number of anilines is 1. The van der Waals surface area contributed by atoms with Gasteiger partial charge in [0.15, 0.2) is 5.69 Å². The number of nitrogens with one attached hydrogen (secondary N) is 1. The third-order valence-electron chi connectivity index (χ3n) is 4.50. The van der Waals surface area contributed by atoms with Crippen LogP contribution in [0.5, 0.6) is 0 Å². The molecule has 6 nitrogen and oxygen atoms in total. The van der Waals surface area contributed by atoms with Gasteiger partial charge in [0.2, 0.25) is 0 Å². The number of rotatable bonds is 3. The summed E-state index contributed by atoms with van der Waals surface area (Å²) in [6.45, 7) is 4.02. The highest BCUT2D eigenvalue weighted by Crippen LogP contribution is 2.21. The molecule has 114 valence electrons. The summed E-state index contributed by atoms with van der Waals surface area (Å²) in [6.07, 6.45) is 5.01. The minimum atomic E-state index is 0.00432. The van der Waals surface area contributed by atoms with Crippen LogP contribution in [0.3, 0.4) is 0 Å². The normalized spacial score (nSPS) is 23.3.